The van der Waals surface area contributed by atoms with Gasteiger partial charge in [0.2, 0.25) is 0 Å². The highest BCUT2D eigenvalue weighted by atomic mass is 19.1. The van der Waals surface area contributed by atoms with Gasteiger partial charge in [-0.15, -0.1) is 0 Å². The minimum Gasteiger partial charge on any atom is -0.460 e. The number of nitriles is 1. The highest BCUT2D eigenvalue weighted by Crippen LogP contribution is 2.27. The van der Waals surface area contributed by atoms with Crippen molar-refractivity contribution in [1.82, 2.24) is 9.97 Å². The number of aryl methyl sites for hydroxylation is 2. The number of rotatable bonds is 9. The molecule has 0 bridgehead atoms. The molecule has 33 heavy (non-hydrogen) atoms. The van der Waals surface area contributed by atoms with E-state index in [0.29, 0.717) is 18.5 Å². The van der Waals surface area contributed by atoms with Crippen molar-refractivity contribution in [3.05, 3.63) is 41.0 Å². The van der Waals surface area contributed by atoms with Gasteiger partial charge in [-0.2, -0.15) is 5.26 Å². The van der Waals surface area contributed by atoms with Gasteiger partial charge in [0.05, 0.1) is 23.9 Å². The van der Waals surface area contributed by atoms with Crippen LogP contribution in [-0.2, 0) is 9.53 Å². The normalized spacial score (nSPS) is 13.1. The van der Waals surface area contributed by atoms with Gasteiger partial charge in [-0.3, -0.25) is 9.78 Å². The van der Waals surface area contributed by atoms with Crippen molar-refractivity contribution in [3.63, 3.8) is 0 Å². The first kappa shape index (κ1) is 26.0. The minimum atomic E-state index is -0.624. The third-order valence-electron chi connectivity index (χ3n) is 5.40. The Hall–Kier alpha value is -3.21. The number of halogens is 1. The van der Waals surface area contributed by atoms with E-state index in [-0.39, 0.29) is 41.5 Å². The lowest BCUT2D eigenvalue weighted by atomic mass is 9.91. The molecule has 0 saturated heterocycles. The molecule has 0 fully saturated rings. The fraction of sp³-hybridized carbons (Fsp3) is 0.520. The highest BCUT2D eigenvalue weighted by Gasteiger charge is 2.26. The predicted molar refractivity (Wildman–Crippen MR) is 128 cm³/mol. The number of pyridine rings is 2. The number of hydrogen-bond acceptors (Lipinski definition) is 7. The Kier molecular flexibility index (Phi) is 8.75. The first-order chi connectivity index (χ1) is 15.5. The van der Waals surface area contributed by atoms with Gasteiger partial charge in [0.25, 0.3) is 0 Å². The Bertz CT molecular complexity index is 1030. The van der Waals surface area contributed by atoms with Crippen LogP contribution in [0.15, 0.2) is 18.3 Å². The van der Waals surface area contributed by atoms with E-state index in [1.165, 1.54) is 0 Å². The summed E-state index contributed by atoms with van der Waals surface area (Å²) in [5, 5.41) is 15.7. The van der Waals surface area contributed by atoms with E-state index in [4.69, 9.17) is 4.74 Å². The molecule has 0 aliphatic heterocycles. The van der Waals surface area contributed by atoms with Crippen molar-refractivity contribution in [2.45, 2.75) is 79.4 Å². The molecule has 0 aliphatic rings. The maximum atomic E-state index is 14.8. The molecule has 0 amide bonds. The summed E-state index contributed by atoms with van der Waals surface area (Å²) < 4.78 is 20.3. The van der Waals surface area contributed by atoms with Crippen molar-refractivity contribution >= 4 is 23.3 Å². The molecular weight excluding hydrogens is 421 g/mol. The van der Waals surface area contributed by atoms with Crippen molar-refractivity contribution < 1.29 is 13.9 Å². The summed E-state index contributed by atoms with van der Waals surface area (Å²) in [6.45, 7) is 13.3. The number of carbonyl (C=O) groups excluding carboxylic acids is 1. The monoisotopic (exact) mass is 455 g/mol. The second-order valence-electron chi connectivity index (χ2n) is 9.20. The zero-order valence-electron chi connectivity index (χ0n) is 20.5. The van der Waals surface area contributed by atoms with Crippen LogP contribution in [0.1, 0.15) is 70.7 Å². The van der Waals surface area contributed by atoms with Crippen LogP contribution in [0, 0.1) is 36.9 Å². The molecule has 8 heteroatoms. The lowest BCUT2D eigenvalue weighted by molar-refractivity contribution is -0.156. The Balaban J connectivity index is 2.28. The second kappa shape index (κ2) is 11.1. The number of ether oxygens (including phenoxy) is 1. The van der Waals surface area contributed by atoms with Crippen LogP contribution in [0.2, 0.25) is 0 Å². The van der Waals surface area contributed by atoms with Crippen molar-refractivity contribution in [1.29, 1.82) is 5.26 Å². The average molecular weight is 456 g/mol. The number of carbonyl (C=O) groups is 1. The molecule has 178 valence electrons. The third-order valence-corrected chi connectivity index (χ3v) is 5.40. The average Bonchev–Trinajstić information content (AvgIpc) is 2.73. The minimum absolute atomic E-state index is 0.0304. The topological polar surface area (TPSA) is 99.9 Å². The van der Waals surface area contributed by atoms with Crippen molar-refractivity contribution in [2.75, 3.05) is 10.6 Å². The number of nitrogens with one attached hydrogen (secondary N) is 2. The number of anilines is 3. The van der Waals surface area contributed by atoms with E-state index in [1.54, 1.807) is 6.20 Å². The summed E-state index contributed by atoms with van der Waals surface area (Å²) in [6.07, 6.45) is 3.23. The van der Waals surface area contributed by atoms with Gasteiger partial charge in [-0.25, -0.2) is 9.37 Å². The van der Waals surface area contributed by atoms with E-state index < -0.39 is 11.4 Å². The summed E-state index contributed by atoms with van der Waals surface area (Å²) in [6, 6.07) is 4.84. The van der Waals surface area contributed by atoms with Crippen LogP contribution in [0.3, 0.4) is 0 Å². The van der Waals surface area contributed by atoms with Crippen molar-refractivity contribution in [2.24, 2.45) is 5.92 Å². The van der Waals surface area contributed by atoms with Gasteiger partial charge in [0.15, 0.2) is 17.5 Å². The van der Waals surface area contributed by atoms with Gasteiger partial charge < -0.3 is 15.4 Å². The van der Waals surface area contributed by atoms with Crippen LogP contribution in [0.5, 0.6) is 0 Å². The van der Waals surface area contributed by atoms with Crippen LogP contribution >= 0.6 is 0 Å². The maximum absolute atomic E-state index is 14.8. The summed E-state index contributed by atoms with van der Waals surface area (Å²) in [7, 11) is 0. The number of nitrogens with zero attached hydrogens (tertiary/aromatic N) is 3. The van der Waals surface area contributed by atoms with E-state index in [2.05, 4.69) is 20.6 Å². The molecule has 0 aromatic carbocycles. The molecule has 0 radical (unpaired) electrons. The van der Waals surface area contributed by atoms with Gasteiger partial charge >= 0.3 is 5.97 Å². The van der Waals surface area contributed by atoms with E-state index in [1.807, 2.05) is 60.6 Å². The Morgan fingerprint density at radius 2 is 1.91 bits per heavy atom. The summed E-state index contributed by atoms with van der Waals surface area (Å²) >= 11 is 0. The van der Waals surface area contributed by atoms with E-state index in [9.17, 15) is 14.4 Å². The largest absolute Gasteiger partial charge is 0.460 e. The molecule has 0 spiro atoms. The lowest BCUT2D eigenvalue weighted by Gasteiger charge is -2.28. The maximum Gasteiger partial charge on any atom is 0.306 e. The number of aromatic nitrogens is 2. The summed E-state index contributed by atoms with van der Waals surface area (Å²) in [5.41, 5.74) is 2.07. The first-order valence-electron chi connectivity index (χ1n) is 11.3. The molecule has 2 atom stereocenters. The number of esters is 1. The molecule has 2 rings (SSSR count). The Morgan fingerprint density at radius 1 is 1.21 bits per heavy atom. The second-order valence-corrected chi connectivity index (χ2v) is 9.20. The fourth-order valence-electron chi connectivity index (χ4n) is 3.52. The molecule has 0 aliphatic carbocycles. The Labute approximate surface area is 195 Å². The molecule has 2 N–H and O–H groups in total. The predicted octanol–water partition coefficient (Wildman–Crippen LogP) is 5.80. The van der Waals surface area contributed by atoms with Gasteiger partial charge in [0, 0.05) is 11.7 Å². The molecule has 7 nitrogen and oxygen atoms in total. The first-order valence-corrected chi connectivity index (χ1v) is 11.3. The van der Waals surface area contributed by atoms with Gasteiger partial charge in [-0.1, -0.05) is 20.3 Å². The Morgan fingerprint density at radius 3 is 2.45 bits per heavy atom. The summed E-state index contributed by atoms with van der Waals surface area (Å²) in [4.78, 5) is 21.1. The van der Waals surface area contributed by atoms with Crippen LogP contribution in [0.4, 0.5) is 21.7 Å². The zero-order valence-corrected chi connectivity index (χ0v) is 20.5. The molecule has 0 saturated carbocycles. The standard InChI is InChI=1S/C25H34FN5O2/c1-8-17(12-22(32)33-25(5,6)7)21(9-2)30-24-20(26)11-18(13-27)23(31-24)29-19-10-15(3)16(4)28-14-19/h10-11,14,17,21H,8-9,12H2,1-7H3,(H2,29,30,31)/t17-,21-/m1/s1. The molecule has 0 unspecified atom stereocenters. The lowest BCUT2D eigenvalue weighted by Crippen LogP contribution is -2.33. The van der Waals surface area contributed by atoms with Crippen molar-refractivity contribution in [3.8, 4) is 6.07 Å². The highest BCUT2D eigenvalue weighted by molar-refractivity contribution is 5.70. The third kappa shape index (κ3) is 7.41. The van der Waals surface area contributed by atoms with Gasteiger partial charge in [-0.05, 0) is 64.7 Å². The van der Waals surface area contributed by atoms with Gasteiger partial charge in [0.1, 0.15) is 11.7 Å². The van der Waals surface area contributed by atoms with Crippen LogP contribution in [0.25, 0.3) is 0 Å². The molecular formula is C25H34FN5O2. The quantitative estimate of drug-likeness (QED) is 0.461. The number of hydrogen-bond donors (Lipinski definition) is 2. The SMILES string of the molecule is CC[C@H](CC(=O)OC(C)(C)C)[C@@H](CC)Nc1nc(Nc2cnc(C)c(C)c2)c(C#N)cc1F. The molecule has 2 aromatic rings. The van der Waals surface area contributed by atoms with E-state index >= 15 is 0 Å². The molecule has 2 heterocycles. The van der Waals surface area contributed by atoms with Crippen LogP contribution < -0.4 is 10.6 Å². The smallest absolute Gasteiger partial charge is 0.306 e. The fourth-order valence-corrected chi connectivity index (χ4v) is 3.52. The zero-order chi connectivity index (χ0) is 24.8. The summed E-state index contributed by atoms with van der Waals surface area (Å²) in [5.74, 6) is -0.709. The van der Waals surface area contributed by atoms with Crippen LogP contribution in [-0.4, -0.2) is 27.6 Å². The molecule has 2 aromatic heterocycles. The van der Waals surface area contributed by atoms with E-state index in [0.717, 1.165) is 17.3 Å².